The van der Waals surface area contributed by atoms with E-state index in [1.54, 1.807) is 6.07 Å². The number of anilines is 1. The fourth-order valence-electron chi connectivity index (χ4n) is 3.02. The lowest BCUT2D eigenvalue weighted by Crippen LogP contribution is -2.09. The molecule has 1 heterocycles. The van der Waals surface area contributed by atoms with Crippen molar-refractivity contribution in [1.29, 1.82) is 0 Å². The van der Waals surface area contributed by atoms with Gasteiger partial charge in [-0.1, -0.05) is 12.8 Å². The Morgan fingerprint density at radius 2 is 2.05 bits per heavy atom. The zero-order valence-electron chi connectivity index (χ0n) is 11.8. The average Bonchev–Trinajstić information content (AvgIpc) is 3.07. The van der Waals surface area contributed by atoms with Crippen molar-refractivity contribution in [3.63, 3.8) is 0 Å². The molecule has 21 heavy (non-hydrogen) atoms. The highest BCUT2D eigenvalue weighted by molar-refractivity contribution is 5.74. The van der Waals surface area contributed by atoms with Gasteiger partial charge < -0.3 is 10.3 Å². The lowest BCUT2D eigenvalue weighted by molar-refractivity contribution is -0.384. The van der Waals surface area contributed by atoms with Crippen molar-refractivity contribution in [3.05, 3.63) is 34.1 Å². The van der Waals surface area contributed by atoms with Crippen LogP contribution in [0.25, 0.3) is 11.4 Å². The normalized spacial score (nSPS) is 15.5. The summed E-state index contributed by atoms with van der Waals surface area (Å²) in [4.78, 5) is 10.3. The zero-order chi connectivity index (χ0) is 15.0. The lowest BCUT2D eigenvalue weighted by atomic mass is 10.1. The standard InChI is InChI=1S/C14H17N5O2/c1-9-16-17-14(18(9)10-4-2-3-5-10)12-7-6-11(19(20)21)8-13(12)15/h6-8,10H,2-5,15H2,1H3. The van der Waals surface area contributed by atoms with Crippen molar-refractivity contribution in [1.82, 2.24) is 14.8 Å². The van der Waals surface area contributed by atoms with E-state index in [-0.39, 0.29) is 5.69 Å². The largest absolute Gasteiger partial charge is 0.398 e. The highest BCUT2D eigenvalue weighted by Crippen LogP contribution is 2.36. The first-order chi connectivity index (χ1) is 10.1. The monoisotopic (exact) mass is 287 g/mol. The van der Waals surface area contributed by atoms with Gasteiger partial charge in [-0.15, -0.1) is 10.2 Å². The Balaban J connectivity index is 2.07. The Morgan fingerprint density at radius 3 is 2.67 bits per heavy atom. The van der Waals surface area contributed by atoms with E-state index in [9.17, 15) is 10.1 Å². The summed E-state index contributed by atoms with van der Waals surface area (Å²) >= 11 is 0. The van der Waals surface area contributed by atoms with E-state index in [1.807, 2.05) is 6.92 Å². The van der Waals surface area contributed by atoms with Gasteiger partial charge in [0, 0.05) is 29.4 Å². The summed E-state index contributed by atoms with van der Waals surface area (Å²) in [5, 5.41) is 19.2. The van der Waals surface area contributed by atoms with E-state index in [1.165, 1.54) is 25.0 Å². The first kappa shape index (κ1) is 13.5. The van der Waals surface area contributed by atoms with E-state index in [0.29, 0.717) is 23.1 Å². The van der Waals surface area contributed by atoms with Gasteiger partial charge in [-0.3, -0.25) is 10.1 Å². The van der Waals surface area contributed by atoms with Gasteiger partial charge in [-0.2, -0.15) is 0 Å². The molecule has 1 aliphatic rings. The number of benzene rings is 1. The maximum atomic E-state index is 10.8. The molecule has 1 aromatic carbocycles. The van der Waals surface area contributed by atoms with E-state index >= 15 is 0 Å². The van der Waals surface area contributed by atoms with Crippen LogP contribution in [0.1, 0.15) is 37.5 Å². The number of nitrogens with two attached hydrogens (primary N) is 1. The number of hydrogen-bond acceptors (Lipinski definition) is 5. The van der Waals surface area contributed by atoms with Crippen LogP contribution in [-0.2, 0) is 0 Å². The predicted octanol–water partition coefficient (Wildman–Crippen LogP) is 2.86. The summed E-state index contributed by atoms with van der Waals surface area (Å²) in [6.45, 7) is 1.93. The summed E-state index contributed by atoms with van der Waals surface area (Å²) < 4.78 is 2.12. The molecular formula is C14H17N5O2. The Kier molecular flexibility index (Phi) is 3.32. The number of rotatable bonds is 3. The number of hydrogen-bond donors (Lipinski definition) is 1. The number of nitro benzene ring substituents is 1. The Bertz CT molecular complexity index is 689. The molecule has 0 amide bonds. The molecule has 2 aromatic rings. The minimum absolute atomic E-state index is 0.0140. The lowest BCUT2D eigenvalue weighted by Gasteiger charge is -2.16. The number of nitrogen functional groups attached to an aromatic ring is 1. The van der Waals surface area contributed by atoms with Crippen LogP contribution in [0.2, 0.25) is 0 Å². The van der Waals surface area contributed by atoms with Crippen LogP contribution in [0.4, 0.5) is 11.4 Å². The van der Waals surface area contributed by atoms with Crippen molar-refractivity contribution in [3.8, 4) is 11.4 Å². The zero-order valence-corrected chi connectivity index (χ0v) is 11.8. The number of nitrogens with zero attached hydrogens (tertiary/aromatic N) is 4. The maximum absolute atomic E-state index is 10.8. The van der Waals surface area contributed by atoms with E-state index in [4.69, 9.17) is 5.73 Å². The van der Waals surface area contributed by atoms with Gasteiger partial charge >= 0.3 is 0 Å². The summed E-state index contributed by atoms with van der Waals surface area (Å²) in [6, 6.07) is 4.87. The van der Waals surface area contributed by atoms with E-state index in [0.717, 1.165) is 18.7 Å². The highest BCUT2D eigenvalue weighted by Gasteiger charge is 2.24. The molecule has 0 aliphatic heterocycles. The SMILES string of the molecule is Cc1nnc(-c2ccc([N+](=O)[O-])cc2N)n1C1CCCC1. The predicted molar refractivity (Wildman–Crippen MR) is 78.8 cm³/mol. The molecule has 1 saturated carbocycles. The third-order valence-corrected chi connectivity index (χ3v) is 4.04. The van der Waals surface area contributed by atoms with Crippen molar-refractivity contribution in [2.24, 2.45) is 0 Å². The molecule has 7 heteroatoms. The summed E-state index contributed by atoms with van der Waals surface area (Å²) in [7, 11) is 0. The first-order valence-corrected chi connectivity index (χ1v) is 7.03. The molecule has 3 rings (SSSR count). The molecule has 110 valence electrons. The molecule has 2 N–H and O–H groups in total. The minimum atomic E-state index is -0.451. The van der Waals surface area contributed by atoms with Gasteiger partial charge in [0.05, 0.1) is 4.92 Å². The quantitative estimate of drug-likeness (QED) is 0.531. The second-order valence-corrected chi connectivity index (χ2v) is 5.41. The summed E-state index contributed by atoms with van der Waals surface area (Å²) in [5.41, 5.74) is 7.03. The van der Waals surface area contributed by atoms with Gasteiger partial charge in [0.15, 0.2) is 5.82 Å². The van der Waals surface area contributed by atoms with Crippen LogP contribution in [0, 0.1) is 17.0 Å². The third-order valence-electron chi connectivity index (χ3n) is 4.04. The molecule has 0 radical (unpaired) electrons. The first-order valence-electron chi connectivity index (χ1n) is 7.03. The van der Waals surface area contributed by atoms with E-state index < -0.39 is 4.92 Å². The van der Waals surface area contributed by atoms with Gasteiger partial charge in [0.25, 0.3) is 5.69 Å². The van der Waals surface area contributed by atoms with Crippen LogP contribution in [0.5, 0.6) is 0 Å². The molecule has 0 bridgehead atoms. The smallest absolute Gasteiger partial charge is 0.271 e. The summed E-state index contributed by atoms with van der Waals surface area (Å²) in [5.74, 6) is 1.56. The average molecular weight is 287 g/mol. The van der Waals surface area contributed by atoms with Gasteiger partial charge in [0.1, 0.15) is 5.82 Å². The van der Waals surface area contributed by atoms with Crippen LogP contribution >= 0.6 is 0 Å². The summed E-state index contributed by atoms with van der Waals surface area (Å²) in [6.07, 6.45) is 4.63. The molecule has 0 unspecified atom stereocenters. The number of aromatic nitrogens is 3. The minimum Gasteiger partial charge on any atom is -0.398 e. The van der Waals surface area contributed by atoms with Crippen LogP contribution in [0.15, 0.2) is 18.2 Å². The highest BCUT2D eigenvalue weighted by atomic mass is 16.6. The van der Waals surface area contributed by atoms with Gasteiger partial charge in [-0.25, -0.2) is 0 Å². The number of aryl methyl sites for hydroxylation is 1. The Labute approximate surface area is 121 Å². The second kappa shape index (κ2) is 5.16. The second-order valence-electron chi connectivity index (χ2n) is 5.41. The van der Waals surface area contributed by atoms with Crippen molar-refractivity contribution in [2.45, 2.75) is 38.6 Å². The molecule has 1 aromatic heterocycles. The number of nitro groups is 1. The molecule has 1 fully saturated rings. The molecule has 0 atom stereocenters. The van der Waals surface area contributed by atoms with Crippen molar-refractivity contribution < 1.29 is 4.92 Å². The molecule has 0 saturated heterocycles. The van der Waals surface area contributed by atoms with Gasteiger partial charge in [-0.05, 0) is 25.8 Å². The van der Waals surface area contributed by atoms with Crippen LogP contribution < -0.4 is 5.73 Å². The molecule has 0 spiro atoms. The topological polar surface area (TPSA) is 99.9 Å². The van der Waals surface area contributed by atoms with Gasteiger partial charge in [0.2, 0.25) is 0 Å². The van der Waals surface area contributed by atoms with Crippen LogP contribution in [0.3, 0.4) is 0 Å². The fourth-order valence-corrected chi connectivity index (χ4v) is 3.02. The Morgan fingerprint density at radius 1 is 1.33 bits per heavy atom. The van der Waals surface area contributed by atoms with Crippen molar-refractivity contribution in [2.75, 3.05) is 5.73 Å². The van der Waals surface area contributed by atoms with Crippen LogP contribution in [-0.4, -0.2) is 19.7 Å². The van der Waals surface area contributed by atoms with Crippen molar-refractivity contribution >= 4 is 11.4 Å². The number of non-ortho nitro benzene ring substituents is 1. The van der Waals surface area contributed by atoms with E-state index in [2.05, 4.69) is 14.8 Å². The third kappa shape index (κ3) is 2.35. The Hall–Kier alpha value is -2.44. The maximum Gasteiger partial charge on any atom is 0.271 e. The molecule has 7 nitrogen and oxygen atoms in total. The fraction of sp³-hybridized carbons (Fsp3) is 0.429. The molecule has 1 aliphatic carbocycles. The molecular weight excluding hydrogens is 270 g/mol.